The van der Waals surface area contributed by atoms with Crippen molar-refractivity contribution in [3.8, 4) is 0 Å². The third-order valence-corrected chi connectivity index (χ3v) is 6.29. The molecule has 1 saturated heterocycles. The van der Waals surface area contributed by atoms with Gasteiger partial charge in [-0.3, -0.25) is 4.79 Å². The lowest BCUT2D eigenvalue weighted by atomic mass is 10.1. The van der Waals surface area contributed by atoms with Crippen LogP contribution in [0.25, 0.3) is 0 Å². The number of amides is 1. The maximum Gasteiger partial charge on any atom is 0.251 e. The van der Waals surface area contributed by atoms with Crippen LogP contribution in [0.1, 0.15) is 21.5 Å². The van der Waals surface area contributed by atoms with Gasteiger partial charge in [0, 0.05) is 44.8 Å². The van der Waals surface area contributed by atoms with E-state index >= 15 is 0 Å². The Bertz CT molecular complexity index is 1180. The summed E-state index contributed by atoms with van der Waals surface area (Å²) in [6.07, 6.45) is 0.860. The van der Waals surface area contributed by atoms with Gasteiger partial charge in [-0.15, -0.1) is 0 Å². The Morgan fingerprint density at radius 3 is 2.27 bits per heavy atom. The van der Waals surface area contributed by atoms with Crippen molar-refractivity contribution in [3.63, 3.8) is 0 Å². The zero-order valence-corrected chi connectivity index (χ0v) is 23.4. The number of morpholine rings is 1. The van der Waals surface area contributed by atoms with Gasteiger partial charge in [0.25, 0.3) is 5.91 Å². The minimum absolute atomic E-state index is 0.147. The molecule has 0 spiro atoms. The number of hydrogen-bond acceptors (Lipinski definition) is 11. The highest BCUT2D eigenvalue weighted by molar-refractivity contribution is 5.94. The van der Waals surface area contributed by atoms with Gasteiger partial charge in [-0.2, -0.15) is 15.0 Å². The van der Waals surface area contributed by atoms with Gasteiger partial charge in [0.15, 0.2) is 0 Å². The van der Waals surface area contributed by atoms with Crippen LogP contribution in [-0.2, 0) is 27.2 Å². The molecule has 41 heavy (non-hydrogen) atoms. The van der Waals surface area contributed by atoms with E-state index in [1.807, 2.05) is 30.3 Å². The molecule has 12 nitrogen and oxygen atoms in total. The van der Waals surface area contributed by atoms with Crippen LogP contribution in [0, 0.1) is 0 Å². The number of nitrogens with two attached hydrogens (primary N) is 1. The van der Waals surface area contributed by atoms with Crippen LogP contribution in [0.3, 0.4) is 0 Å². The molecule has 0 bridgehead atoms. The number of carbonyl (C=O) groups excluding carboxylic acids is 1. The minimum Gasteiger partial charge on any atom is -0.378 e. The van der Waals surface area contributed by atoms with E-state index in [4.69, 9.17) is 19.9 Å². The molecular weight excluding hydrogens is 524 g/mol. The smallest absolute Gasteiger partial charge is 0.251 e. The van der Waals surface area contributed by atoms with Gasteiger partial charge in [-0.05, 0) is 29.7 Å². The third-order valence-electron chi connectivity index (χ3n) is 6.29. The summed E-state index contributed by atoms with van der Waals surface area (Å²) in [5, 5.41) is 9.51. The zero-order valence-electron chi connectivity index (χ0n) is 23.4. The SMILES string of the molecule is NCCOCCOCCNC(=O)c1ccc(CNc2nc(NCCc3ccccc3)nc(N3CCOCC3)n2)cc1. The largest absolute Gasteiger partial charge is 0.378 e. The predicted molar refractivity (Wildman–Crippen MR) is 158 cm³/mol. The number of nitrogens with one attached hydrogen (secondary N) is 3. The van der Waals surface area contributed by atoms with Crippen LogP contribution in [0.5, 0.6) is 0 Å². The van der Waals surface area contributed by atoms with Gasteiger partial charge in [-0.1, -0.05) is 42.5 Å². The first-order chi connectivity index (χ1) is 20.2. The molecule has 220 valence electrons. The molecule has 0 atom stereocenters. The van der Waals surface area contributed by atoms with E-state index in [1.54, 1.807) is 12.1 Å². The fourth-order valence-electron chi connectivity index (χ4n) is 4.09. The predicted octanol–water partition coefficient (Wildman–Crippen LogP) is 1.70. The van der Waals surface area contributed by atoms with E-state index in [2.05, 4.69) is 47.9 Å². The standard InChI is InChI=1S/C29H40N8O4/c30-11-16-39-20-21-40-17-13-31-26(38)25-8-6-24(7-9-25)22-33-28-34-27(32-12-10-23-4-2-1-3-5-23)35-29(36-28)37-14-18-41-19-15-37/h1-9H,10-22,30H2,(H,31,38)(H2,32,33,34,35,36). The van der Waals surface area contributed by atoms with Gasteiger partial charge in [0.1, 0.15) is 0 Å². The Morgan fingerprint density at radius 1 is 0.829 bits per heavy atom. The maximum absolute atomic E-state index is 12.4. The fourth-order valence-corrected chi connectivity index (χ4v) is 4.09. The normalized spacial score (nSPS) is 13.1. The summed E-state index contributed by atoms with van der Waals surface area (Å²) in [6.45, 7) is 6.75. The molecule has 0 unspecified atom stereocenters. The summed E-state index contributed by atoms with van der Waals surface area (Å²) < 4.78 is 16.2. The molecule has 4 rings (SSSR count). The van der Waals surface area contributed by atoms with E-state index in [1.165, 1.54) is 5.56 Å². The van der Waals surface area contributed by atoms with Crippen molar-refractivity contribution in [3.05, 3.63) is 71.3 Å². The van der Waals surface area contributed by atoms with Crippen molar-refractivity contribution in [2.45, 2.75) is 13.0 Å². The molecule has 2 aromatic carbocycles. The third kappa shape index (κ3) is 10.6. The van der Waals surface area contributed by atoms with Crippen molar-refractivity contribution in [1.82, 2.24) is 20.3 Å². The quantitative estimate of drug-likeness (QED) is 0.178. The molecule has 1 fully saturated rings. The molecule has 1 amide bonds. The van der Waals surface area contributed by atoms with Gasteiger partial charge in [0.2, 0.25) is 17.8 Å². The highest BCUT2D eigenvalue weighted by atomic mass is 16.5. The Labute approximate surface area is 241 Å². The monoisotopic (exact) mass is 564 g/mol. The van der Waals surface area contributed by atoms with Gasteiger partial charge in [-0.25, -0.2) is 0 Å². The molecule has 0 saturated carbocycles. The average Bonchev–Trinajstić information content (AvgIpc) is 3.02. The van der Waals surface area contributed by atoms with Crippen LogP contribution in [0.15, 0.2) is 54.6 Å². The van der Waals surface area contributed by atoms with Crippen molar-refractivity contribution in [1.29, 1.82) is 0 Å². The number of aromatic nitrogens is 3. The van der Waals surface area contributed by atoms with Crippen LogP contribution in [0.4, 0.5) is 17.8 Å². The lowest BCUT2D eigenvalue weighted by Crippen LogP contribution is -2.37. The first-order valence-corrected chi connectivity index (χ1v) is 14.0. The first-order valence-electron chi connectivity index (χ1n) is 14.0. The molecule has 5 N–H and O–H groups in total. The summed E-state index contributed by atoms with van der Waals surface area (Å²) in [5.74, 6) is 1.48. The number of hydrogen-bond donors (Lipinski definition) is 4. The lowest BCUT2D eigenvalue weighted by molar-refractivity contribution is 0.0511. The second kappa shape index (κ2) is 17.1. The van der Waals surface area contributed by atoms with Crippen LogP contribution in [-0.4, -0.2) is 93.2 Å². The summed E-state index contributed by atoms with van der Waals surface area (Å²) >= 11 is 0. The van der Waals surface area contributed by atoms with Gasteiger partial charge < -0.3 is 40.8 Å². The topological polar surface area (TPSA) is 149 Å². The van der Waals surface area contributed by atoms with Gasteiger partial charge >= 0.3 is 0 Å². The molecule has 2 heterocycles. The molecule has 1 aromatic heterocycles. The first kappa shape index (κ1) is 30.1. The molecule has 1 aliphatic rings. The Morgan fingerprint density at radius 2 is 1.54 bits per heavy atom. The van der Waals surface area contributed by atoms with Crippen molar-refractivity contribution in [2.24, 2.45) is 5.73 Å². The maximum atomic E-state index is 12.4. The Kier molecular flexibility index (Phi) is 12.5. The van der Waals surface area contributed by atoms with E-state index in [-0.39, 0.29) is 5.91 Å². The highest BCUT2D eigenvalue weighted by Crippen LogP contribution is 2.16. The number of ether oxygens (including phenoxy) is 3. The molecule has 0 radical (unpaired) electrons. The molecule has 12 heteroatoms. The highest BCUT2D eigenvalue weighted by Gasteiger charge is 2.17. The minimum atomic E-state index is -0.147. The number of carbonyl (C=O) groups is 1. The summed E-state index contributed by atoms with van der Waals surface area (Å²) in [6, 6.07) is 17.7. The number of rotatable bonds is 17. The number of anilines is 3. The van der Waals surface area contributed by atoms with Crippen LogP contribution < -0.4 is 26.6 Å². The fraction of sp³-hybridized carbons (Fsp3) is 0.448. The van der Waals surface area contributed by atoms with Crippen molar-refractivity contribution in [2.75, 3.05) is 87.9 Å². The summed E-state index contributed by atoms with van der Waals surface area (Å²) in [4.78, 5) is 28.5. The molecule has 3 aromatic rings. The lowest BCUT2D eigenvalue weighted by Gasteiger charge is -2.27. The van der Waals surface area contributed by atoms with E-state index < -0.39 is 0 Å². The van der Waals surface area contributed by atoms with Crippen molar-refractivity contribution >= 4 is 23.8 Å². The van der Waals surface area contributed by atoms with Gasteiger partial charge in [0.05, 0.1) is 39.6 Å². The Balaban J connectivity index is 1.27. The second-order valence-electron chi connectivity index (χ2n) is 9.36. The zero-order chi connectivity index (χ0) is 28.5. The Hall–Kier alpha value is -3.84. The number of benzene rings is 2. The van der Waals surface area contributed by atoms with E-state index in [0.29, 0.717) is 89.2 Å². The molecule has 1 aliphatic heterocycles. The summed E-state index contributed by atoms with van der Waals surface area (Å²) in [5.41, 5.74) is 8.19. The summed E-state index contributed by atoms with van der Waals surface area (Å²) in [7, 11) is 0. The second-order valence-corrected chi connectivity index (χ2v) is 9.36. The van der Waals surface area contributed by atoms with E-state index in [0.717, 1.165) is 25.1 Å². The average molecular weight is 565 g/mol. The van der Waals surface area contributed by atoms with Crippen LogP contribution in [0.2, 0.25) is 0 Å². The van der Waals surface area contributed by atoms with Crippen LogP contribution >= 0.6 is 0 Å². The van der Waals surface area contributed by atoms with Crippen molar-refractivity contribution < 1.29 is 19.0 Å². The molecular formula is C29H40N8O4. The molecule has 0 aliphatic carbocycles. The van der Waals surface area contributed by atoms with E-state index in [9.17, 15) is 4.79 Å². The number of nitrogens with zero attached hydrogens (tertiary/aromatic N) is 4.